The van der Waals surface area contributed by atoms with Crippen LogP contribution < -0.4 is 0 Å². The number of likely N-dealkylation sites (N-methyl/N-ethyl adjacent to an activating group) is 1. The normalized spacial score (nSPS) is 10.7. The fourth-order valence-electron chi connectivity index (χ4n) is 1.48. The Balaban J connectivity index is 0. The summed E-state index contributed by atoms with van der Waals surface area (Å²) in [5.41, 5.74) is 0. The zero-order valence-electron chi connectivity index (χ0n) is 13.5. The Hall–Kier alpha value is -0.940. The summed E-state index contributed by atoms with van der Waals surface area (Å²) in [4.78, 5) is 20.7. The maximum absolute atomic E-state index is 10.5. The van der Waals surface area contributed by atoms with Crippen molar-refractivity contribution in [2.75, 3.05) is 34.3 Å². The monoisotopic (exact) mass is 290 g/mol. The Labute approximate surface area is 123 Å². The molecule has 120 valence electrons. The van der Waals surface area contributed by atoms with E-state index in [1.54, 1.807) is 6.92 Å². The molecule has 0 fully saturated rings. The minimum atomic E-state index is -0.719. The number of nitrogens with zero attached hydrogens (tertiary/aromatic N) is 1. The van der Waals surface area contributed by atoms with Crippen molar-refractivity contribution in [3.8, 4) is 0 Å². The fourth-order valence-corrected chi connectivity index (χ4v) is 1.48. The molecule has 0 aromatic rings. The number of carbonyl (C=O) groups is 2. The topological polar surface area (TPSA) is 74.6 Å². The van der Waals surface area contributed by atoms with E-state index in [4.69, 9.17) is 10.2 Å². The summed E-state index contributed by atoms with van der Waals surface area (Å²) >= 11 is 0. The molecule has 0 saturated heterocycles. The number of carboxylic acids is 1. The van der Waals surface area contributed by atoms with Gasteiger partial charge in [-0.05, 0) is 19.8 Å². The molecule has 0 atom stereocenters. The van der Waals surface area contributed by atoms with E-state index in [0.717, 1.165) is 43.1 Å². The van der Waals surface area contributed by atoms with Gasteiger partial charge in [0.1, 0.15) is 12.3 Å². The van der Waals surface area contributed by atoms with E-state index in [2.05, 4.69) is 21.1 Å². The van der Waals surface area contributed by atoms with Gasteiger partial charge in [-0.2, -0.15) is 0 Å². The SMILES string of the molecule is CC(=O)CCCCCCCC(=O)O.C[N+](C)(C)CCO. The van der Waals surface area contributed by atoms with Gasteiger partial charge in [0.15, 0.2) is 0 Å². The van der Waals surface area contributed by atoms with Crippen molar-refractivity contribution in [3.63, 3.8) is 0 Å². The minimum Gasteiger partial charge on any atom is -0.481 e. The van der Waals surface area contributed by atoms with Crippen molar-refractivity contribution in [2.45, 2.75) is 51.9 Å². The second-order valence-electron chi connectivity index (χ2n) is 6.10. The molecule has 0 amide bonds. The van der Waals surface area contributed by atoms with E-state index in [1.807, 2.05) is 0 Å². The van der Waals surface area contributed by atoms with Crippen LogP contribution in [0.15, 0.2) is 0 Å². The highest BCUT2D eigenvalue weighted by Gasteiger charge is 2.02. The molecule has 0 aromatic carbocycles. The highest BCUT2D eigenvalue weighted by Crippen LogP contribution is 2.07. The average molecular weight is 290 g/mol. The minimum absolute atomic E-state index is 0.241. The number of quaternary nitrogens is 1. The first-order valence-corrected chi connectivity index (χ1v) is 7.31. The molecular weight excluding hydrogens is 258 g/mol. The molecule has 0 aliphatic heterocycles. The highest BCUT2D eigenvalue weighted by molar-refractivity contribution is 5.75. The summed E-state index contributed by atoms with van der Waals surface area (Å²) in [6.45, 7) is 2.72. The number of Topliss-reactive ketones (excluding diaryl/α,β-unsaturated/α-hetero) is 1. The van der Waals surface area contributed by atoms with E-state index in [9.17, 15) is 9.59 Å². The molecule has 0 unspecified atom stereocenters. The predicted octanol–water partition coefficient (Wildman–Crippen LogP) is 2.08. The zero-order valence-corrected chi connectivity index (χ0v) is 13.5. The van der Waals surface area contributed by atoms with Crippen LogP contribution >= 0.6 is 0 Å². The van der Waals surface area contributed by atoms with Gasteiger partial charge in [-0.25, -0.2) is 0 Å². The number of rotatable bonds is 10. The molecule has 0 heterocycles. The van der Waals surface area contributed by atoms with E-state index >= 15 is 0 Å². The van der Waals surface area contributed by atoms with Gasteiger partial charge in [0, 0.05) is 12.8 Å². The second-order valence-corrected chi connectivity index (χ2v) is 6.10. The first-order valence-electron chi connectivity index (χ1n) is 7.31. The van der Waals surface area contributed by atoms with Crippen molar-refractivity contribution < 1.29 is 24.3 Å². The number of aliphatic hydroxyl groups is 1. The van der Waals surface area contributed by atoms with Gasteiger partial charge in [-0.1, -0.05) is 19.3 Å². The van der Waals surface area contributed by atoms with Crippen LogP contribution in [-0.2, 0) is 9.59 Å². The predicted molar refractivity (Wildman–Crippen MR) is 80.6 cm³/mol. The maximum Gasteiger partial charge on any atom is 0.303 e. The van der Waals surface area contributed by atoms with Crippen molar-refractivity contribution in [1.29, 1.82) is 0 Å². The largest absolute Gasteiger partial charge is 0.481 e. The lowest BCUT2D eigenvalue weighted by atomic mass is 10.1. The van der Waals surface area contributed by atoms with Gasteiger partial charge in [0.2, 0.25) is 0 Å². The molecule has 0 radical (unpaired) electrons. The Kier molecular flexibility index (Phi) is 14.0. The van der Waals surface area contributed by atoms with Gasteiger partial charge < -0.3 is 19.5 Å². The van der Waals surface area contributed by atoms with Crippen LogP contribution in [0.25, 0.3) is 0 Å². The Bertz CT molecular complexity index is 241. The molecule has 5 heteroatoms. The first-order chi connectivity index (χ1) is 9.19. The van der Waals surface area contributed by atoms with E-state index in [0.29, 0.717) is 6.42 Å². The summed E-state index contributed by atoms with van der Waals surface area (Å²) in [5, 5.41) is 16.7. The Morgan fingerprint density at radius 2 is 1.35 bits per heavy atom. The quantitative estimate of drug-likeness (QED) is 0.477. The number of hydrogen-bond donors (Lipinski definition) is 2. The van der Waals surface area contributed by atoms with Crippen molar-refractivity contribution >= 4 is 11.8 Å². The van der Waals surface area contributed by atoms with Crippen molar-refractivity contribution in [3.05, 3.63) is 0 Å². The van der Waals surface area contributed by atoms with Crippen LogP contribution in [0.5, 0.6) is 0 Å². The van der Waals surface area contributed by atoms with Gasteiger partial charge in [0.25, 0.3) is 0 Å². The zero-order chi connectivity index (χ0) is 16.0. The molecule has 0 aliphatic rings. The number of aliphatic hydroxyl groups excluding tert-OH is 1. The second kappa shape index (κ2) is 13.1. The number of carboxylic acid groups (broad SMARTS) is 1. The van der Waals surface area contributed by atoms with Crippen LogP contribution in [0.4, 0.5) is 0 Å². The summed E-state index contributed by atoms with van der Waals surface area (Å²) in [5.74, 6) is -0.478. The molecule has 0 saturated carbocycles. The Morgan fingerprint density at radius 3 is 1.65 bits per heavy atom. The number of ketones is 1. The van der Waals surface area contributed by atoms with Crippen LogP contribution in [0.3, 0.4) is 0 Å². The molecule has 5 nitrogen and oxygen atoms in total. The number of unbranched alkanes of at least 4 members (excludes halogenated alkanes) is 4. The summed E-state index contributed by atoms with van der Waals surface area (Å²) in [6, 6.07) is 0. The van der Waals surface area contributed by atoms with Gasteiger partial charge in [0.05, 0.1) is 27.7 Å². The molecule has 0 rings (SSSR count). The number of carbonyl (C=O) groups excluding carboxylic acids is 1. The molecule has 0 aliphatic carbocycles. The lowest BCUT2D eigenvalue weighted by Crippen LogP contribution is -2.36. The number of hydrogen-bond acceptors (Lipinski definition) is 3. The van der Waals surface area contributed by atoms with Crippen LogP contribution in [0, 0.1) is 0 Å². The molecule has 0 bridgehead atoms. The Morgan fingerprint density at radius 1 is 0.900 bits per heavy atom. The smallest absolute Gasteiger partial charge is 0.303 e. The maximum atomic E-state index is 10.5. The lowest BCUT2D eigenvalue weighted by Gasteiger charge is -2.21. The molecule has 0 aromatic heterocycles. The lowest BCUT2D eigenvalue weighted by molar-refractivity contribution is -0.870. The van der Waals surface area contributed by atoms with Crippen LogP contribution in [0.1, 0.15) is 51.9 Å². The van der Waals surface area contributed by atoms with Crippen LogP contribution in [-0.4, -0.2) is 60.7 Å². The molecule has 20 heavy (non-hydrogen) atoms. The van der Waals surface area contributed by atoms with E-state index in [-0.39, 0.29) is 18.8 Å². The van der Waals surface area contributed by atoms with E-state index < -0.39 is 5.97 Å². The highest BCUT2D eigenvalue weighted by atomic mass is 16.4. The molecule has 0 spiro atoms. The standard InChI is InChI=1S/C10H18O3.C5H14NO/c1-9(11)7-5-3-2-4-6-8-10(12)13;1-6(2,3)4-5-7/h2-8H2,1H3,(H,12,13);7H,4-5H2,1-3H3/q;+1. The van der Waals surface area contributed by atoms with E-state index in [1.165, 1.54) is 0 Å². The first kappa shape index (κ1) is 21.4. The molecular formula is C15H32NO4+. The third-order valence-corrected chi connectivity index (χ3v) is 2.69. The van der Waals surface area contributed by atoms with Gasteiger partial charge in [-0.3, -0.25) is 4.79 Å². The third-order valence-electron chi connectivity index (χ3n) is 2.69. The summed E-state index contributed by atoms with van der Waals surface area (Å²) in [6.07, 6.45) is 5.69. The summed E-state index contributed by atoms with van der Waals surface area (Å²) in [7, 11) is 6.16. The van der Waals surface area contributed by atoms with Gasteiger partial charge >= 0.3 is 5.97 Å². The number of aliphatic carboxylic acids is 1. The third kappa shape index (κ3) is 25.8. The van der Waals surface area contributed by atoms with Crippen LogP contribution in [0.2, 0.25) is 0 Å². The fraction of sp³-hybridized carbons (Fsp3) is 0.867. The van der Waals surface area contributed by atoms with Gasteiger partial charge in [-0.15, -0.1) is 0 Å². The summed E-state index contributed by atoms with van der Waals surface area (Å²) < 4.78 is 0.844. The average Bonchev–Trinajstić information content (AvgIpc) is 2.26. The van der Waals surface area contributed by atoms with Crippen molar-refractivity contribution in [2.24, 2.45) is 0 Å². The van der Waals surface area contributed by atoms with Crippen molar-refractivity contribution in [1.82, 2.24) is 0 Å². The molecule has 2 N–H and O–H groups in total.